The van der Waals surface area contributed by atoms with Gasteiger partial charge in [0.1, 0.15) is 0 Å². The summed E-state index contributed by atoms with van der Waals surface area (Å²) in [5, 5.41) is 12.3. The minimum Gasteiger partial charge on any atom is -0.478 e. The molecule has 1 aromatic rings. The maximum atomic E-state index is 10.5. The smallest absolute Gasteiger partial charge is 0.332 e. The van der Waals surface area contributed by atoms with Crippen molar-refractivity contribution in [2.45, 2.75) is 0 Å². The molecular weight excluding hydrogens is 237 g/mol. The van der Waals surface area contributed by atoms with Gasteiger partial charge in [-0.25, -0.2) is 4.79 Å². The van der Waals surface area contributed by atoms with Crippen LogP contribution in [0.25, 0.3) is 0 Å². The van der Waals surface area contributed by atoms with E-state index < -0.39 is 5.97 Å². The first-order valence-electron chi connectivity index (χ1n) is 4.10. The van der Waals surface area contributed by atoms with Crippen LogP contribution in [0.2, 0.25) is 10.0 Å². The number of carboxylic acids is 1. The highest BCUT2D eigenvalue weighted by Gasteiger charge is 2.04. The Balaban J connectivity index is 2.62. The zero-order valence-electron chi connectivity index (χ0n) is 7.76. The lowest BCUT2D eigenvalue weighted by Crippen LogP contribution is -2.11. The zero-order valence-corrected chi connectivity index (χ0v) is 9.27. The summed E-state index contributed by atoms with van der Waals surface area (Å²) >= 11 is 11.5. The van der Waals surface area contributed by atoms with Crippen LogP contribution in [0.5, 0.6) is 0 Å². The van der Waals surface area contributed by atoms with Crippen LogP contribution >= 0.6 is 23.2 Å². The fraction of sp³-hybridized carbons (Fsp3) is 0.100. The Hall–Kier alpha value is -1.19. The van der Waals surface area contributed by atoms with Crippen LogP contribution in [0.1, 0.15) is 0 Å². The Labute approximate surface area is 97.3 Å². The number of anilines is 1. The van der Waals surface area contributed by atoms with Crippen molar-refractivity contribution in [3.8, 4) is 0 Å². The highest BCUT2D eigenvalue weighted by atomic mass is 35.5. The molecule has 0 saturated carbocycles. The Morgan fingerprint density at radius 2 is 2.07 bits per heavy atom. The van der Waals surface area contributed by atoms with Crippen LogP contribution in [0.3, 0.4) is 0 Å². The van der Waals surface area contributed by atoms with Crippen molar-refractivity contribution in [3.05, 3.63) is 40.4 Å². The molecule has 0 amide bonds. The molecule has 2 N–H and O–H groups in total. The van der Waals surface area contributed by atoms with Crippen molar-refractivity contribution in [3.63, 3.8) is 0 Å². The number of aliphatic carboxylic acids is 1. The summed E-state index contributed by atoms with van der Waals surface area (Å²) in [5.41, 5.74) is 0.785. The highest BCUT2D eigenvalue weighted by molar-refractivity contribution is 6.42. The van der Waals surface area contributed by atoms with Crippen molar-refractivity contribution in [2.75, 3.05) is 11.9 Å². The number of nitrogens with one attached hydrogen (secondary N) is 1. The topological polar surface area (TPSA) is 49.3 Å². The molecule has 0 spiro atoms. The average Bonchev–Trinajstić information content (AvgIpc) is 2.19. The molecule has 1 rings (SSSR count). The molecule has 1 aromatic carbocycles. The highest BCUT2D eigenvalue weighted by Crippen LogP contribution is 2.24. The largest absolute Gasteiger partial charge is 0.478 e. The fourth-order valence-corrected chi connectivity index (χ4v) is 1.19. The van der Waals surface area contributed by atoms with E-state index in [0.717, 1.165) is 0 Å². The molecule has 0 aliphatic rings. The lowest BCUT2D eigenvalue weighted by molar-refractivity contribution is -0.132. The van der Waals surface area contributed by atoms with E-state index in [1.54, 1.807) is 18.2 Å². The molecule has 0 unspecified atom stereocenters. The third kappa shape index (κ3) is 3.46. The lowest BCUT2D eigenvalue weighted by atomic mass is 10.2. The molecule has 0 atom stereocenters. The first-order chi connectivity index (χ1) is 7.00. The Kier molecular flexibility index (Phi) is 4.00. The van der Waals surface area contributed by atoms with Gasteiger partial charge >= 0.3 is 5.97 Å². The van der Waals surface area contributed by atoms with E-state index in [2.05, 4.69) is 11.9 Å². The second-order valence-corrected chi connectivity index (χ2v) is 3.71. The van der Waals surface area contributed by atoms with Crippen molar-refractivity contribution in [1.82, 2.24) is 0 Å². The summed E-state index contributed by atoms with van der Waals surface area (Å²) in [6.45, 7) is 3.55. The first-order valence-corrected chi connectivity index (χ1v) is 4.86. The van der Waals surface area contributed by atoms with Crippen LogP contribution in [-0.2, 0) is 4.79 Å². The van der Waals surface area contributed by atoms with E-state index in [9.17, 15) is 4.79 Å². The van der Waals surface area contributed by atoms with Crippen molar-refractivity contribution >= 4 is 34.9 Å². The molecule has 0 aromatic heterocycles. The van der Waals surface area contributed by atoms with E-state index >= 15 is 0 Å². The number of halogens is 2. The van der Waals surface area contributed by atoms with Gasteiger partial charge in [0.2, 0.25) is 0 Å². The van der Waals surface area contributed by atoms with Crippen LogP contribution in [0.15, 0.2) is 30.4 Å². The van der Waals surface area contributed by atoms with Gasteiger partial charge in [0.05, 0.1) is 10.0 Å². The number of benzene rings is 1. The van der Waals surface area contributed by atoms with E-state index in [1.807, 2.05) is 0 Å². The van der Waals surface area contributed by atoms with Gasteiger partial charge in [0, 0.05) is 17.8 Å². The number of carbonyl (C=O) groups is 1. The van der Waals surface area contributed by atoms with Crippen LogP contribution in [0, 0.1) is 0 Å². The average molecular weight is 246 g/mol. The fourth-order valence-electron chi connectivity index (χ4n) is 0.890. The summed E-state index contributed by atoms with van der Waals surface area (Å²) in [6.07, 6.45) is 0. The summed E-state index contributed by atoms with van der Waals surface area (Å²) in [4.78, 5) is 10.5. The minimum atomic E-state index is -1.03. The minimum absolute atomic E-state index is 0.0843. The Bertz CT molecular complexity index is 404. The lowest BCUT2D eigenvalue weighted by Gasteiger charge is -2.06. The Morgan fingerprint density at radius 3 is 2.60 bits per heavy atom. The quantitative estimate of drug-likeness (QED) is 0.802. The standard InChI is InChI=1S/C10H9Cl2NO2/c1-6(10(14)15)5-13-7-2-3-8(11)9(12)4-7/h2-4,13H,1,5H2,(H,14,15). The van der Waals surface area contributed by atoms with Crippen molar-refractivity contribution in [2.24, 2.45) is 0 Å². The second-order valence-electron chi connectivity index (χ2n) is 2.89. The maximum Gasteiger partial charge on any atom is 0.332 e. The zero-order chi connectivity index (χ0) is 11.4. The van der Waals surface area contributed by atoms with E-state index in [-0.39, 0.29) is 12.1 Å². The van der Waals surface area contributed by atoms with Gasteiger partial charge in [-0.05, 0) is 18.2 Å². The van der Waals surface area contributed by atoms with Gasteiger partial charge in [0.15, 0.2) is 0 Å². The molecule has 3 nitrogen and oxygen atoms in total. The Morgan fingerprint density at radius 1 is 1.40 bits per heavy atom. The molecule has 0 saturated heterocycles. The number of rotatable bonds is 4. The third-order valence-corrected chi connectivity index (χ3v) is 2.47. The predicted molar refractivity (Wildman–Crippen MR) is 61.7 cm³/mol. The van der Waals surface area contributed by atoms with Gasteiger partial charge in [-0.3, -0.25) is 0 Å². The van der Waals surface area contributed by atoms with E-state index in [1.165, 1.54) is 0 Å². The van der Waals surface area contributed by atoms with E-state index in [4.69, 9.17) is 28.3 Å². The third-order valence-electron chi connectivity index (χ3n) is 1.73. The van der Waals surface area contributed by atoms with Gasteiger partial charge in [-0.15, -0.1) is 0 Å². The summed E-state index contributed by atoms with van der Waals surface area (Å²) < 4.78 is 0. The summed E-state index contributed by atoms with van der Waals surface area (Å²) in [5.74, 6) is -1.03. The molecule has 0 aliphatic carbocycles. The molecule has 0 aliphatic heterocycles. The number of carboxylic acid groups (broad SMARTS) is 1. The SMILES string of the molecule is C=C(CNc1ccc(Cl)c(Cl)c1)C(=O)O. The normalized spacial score (nSPS) is 9.73. The monoisotopic (exact) mass is 245 g/mol. The second kappa shape index (κ2) is 5.05. The van der Waals surface area contributed by atoms with Gasteiger partial charge in [-0.2, -0.15) is 0 Å². The van der Waals surface area contributed by atoms with E-state index in [0.29, 0.717) is 15.7 Å². The maximum absolute atomic E-state index is 10.5. The van der Waals surface area contributed by atoms with Crippen LogP contribution in [-0.4, -0.2) is 17.6 Å². The van der Waals surface area contributed by atoms with Crippen LogP contribution in [0.4, 0.5) is 5.69 Å². The molecule has 15 heavy (non-hydrogen) atoms. The van der Waals surface area contributed by atoms with Gasteiger partial charge < -0.3 is 10.4 Å². The molecule has 0 radical (unpaired) electrons. The molecule has 0 fully saturated rings. The summed E-state index contributed by atoms with van der Waals surface area (Å²) in [7, 11) is 0. The first kappa shape index (κ1) is 11.9. The van der Waals surface area contributed by atoms with Crippen molar-refractivity contribution < 1.29 is 9.90 Å². The van der Waals surface area contributed by atoms with Crippen LogP contribution < -0.4 is 5.32 Å². The molecule has 0 heterocycles. The van der Waals surface area contributed by atoms with Crippen molar-refractivity contribution in [1.29, 1.82) is 0 Å². The number of hydrogen-bond donors (Lipinski definition) is 2. The summed E-state index contributed by atoms with van der Waals surface area (Å²) in [6, 6.07) is 4.97. The number of hydrogen-bond acceptors (Lipinski definition) is 2. The van der Waals surface area contributed by atoms with Gasteiger partial charge in [0.25, 0.3) is 0 Å². The molecule has 5 heteroatoms. The van der Waals surface area contributed by atoms with Gasteiger partial charge in [-0.1, -0.05) is 29.8 Å². The molecule has 80 valence electrons. The molecular formula is C10H9Cl2NO2. The predicted octanol–water partition coefficient (Wildman–Crippen LogP) is 3.05. The molecule has 0 bridgehead atoms.